The van der Waals surface area contributed by atoms with E-state index in [2.05, 4.69) is 16.8 Å². The van der Waals surface area contributed by atoms with Crippen LogP contribution in [0.3, 0.4) is 0 Å². The van der Waals surface area contributed by atoms with Gasteiger partial charge in [-0.2, -0.15) is 0 Å². The largest absolute Gasteiger partial charge is 0.280 e. The summed E-state index contributed by atoms with van der Waals surface area (Å²) < 4.78 is 0. The van der Waals surface area contributed by atoms with Crippen LogP contribution < -0.4 is 0 Å². The Bertz CT molecular complexity index is 382. The van der Waals surface area contributed by atoms with Crippen LogP contribution in [0.2, 0.25) is 0 Å². The Balaban J connectivity index is 2.37. The van der Waals surface area contributed by atoms with Gasteiger partial charge in [-0.05, 0) is 29.7 Å². The van der Waals surface area contributed by atoms with E-state index in [0.717, 1.165) is 5.56 Å². The van der Waals surface area contributed by atoms with Crippen LogP contribution in [0.15, 0.2) is 46.8 Å². The van der Waals surface area contributed by atoms with Gasteiger partial charge in [0.25, 0.3) is 0 Å². The molecule has 0 saturated heterocycles. The second kappa shape index (κ2) is 7.90. The first kappa shape index (κ1) is 11.6. The Labute approximate surface area is 95.3 Å². The molecular formula is C13H13NS. The quantitative estimate of drug-likeness (QED) is 0.558. The topological polar surface area (TPSA) is 12.4 Å². The zero-order valence-corrected chi connectivity index (χ0v) is 9.50. The lowest BCUT2D eigenvalue weighted by Gasteiger charge is -1.84. The molecule has 76 valence electrons. The van der Waals surface area contributed by atoms with E-state index in [1.54, 1.807) is 18.0 Å². The first-order valence-electron chi connectivity index (χ1n) is 4.66. The van der Waals surface area contributed by atoms with Crippen LogP contribution in [0, 0.1) is 11.8 Å². The maximum absolute atomic E-state index is 4.13. The summed E-state index contributed by atoms with van der Waals surface area (Å²) in [6, 6.07) is 9.89. The number of aliphatic imine (C=N–C) groups is 1. The molecule has 0 aliphatic rings. The van der Waals surface area contributed by atoms with Gasteiger partial charge in [-0.3, -0.25) is 4.99 Å². The van der Waals surface area contributed by atoms with Crippen molar-refractivity contribution in [3.63, 3.8) is 0 Å². The molecule has 0 amide bonds. The second-order valence-corrected chi connectivity index (χ2v) is 3.48. The number of nitrogens with zero attached hydrogens (tertiary/aromatic N) is 1. The van der Waals surface area contributed by atoms with Gasteiger partial charge in [0, 0.05) is 5.56 Å². The maximum Gasteiger partial charge on any atom is 0.0718 e. The van der Waals surface area contributed by atoms with Crippen LogP contribution >= 0.6 is 11.8 Å². The molecule has 0 fully saturated rings. The Kier molecular flexibility index (Phi) is 6.12. The summed E-state index contributed by atoms with van der Waals surface area (Å²) in [6.07, 6.45) is 5.68. The monoisotopic (exact) mass is 215 g/mol. The van der Waals surface area contributed by atoms with Crippen molar-refractivity contribution in [2.24, 2.45) is 4.99 Å². The van der Waals surface area contributed by atoms with Gasteiger partial charge >= 0.3 is 0 Å². The van der Waals surface area contributed by atoms with Gasteiger partial charge in [-0.25, -0.2) is 0 Å². The summed E-state index contributed by atoms with van der Waals surface area (Å²) >= 11 is 1.67. The third-order valence-corrected chi connectivity index (χ3v) is 2.05. The van der Waals surface area contributed by atoms with Gasteiger partial charge in [0.1, 0.15) is 0 Å². The molecule has 1 nitrogen and oxygen atoms in total. The van der Waals surface area contributed by atoms with Crippen molar-refractivity contribution in [3.05, 3.63) is 47.4 Å². The summed E-state index contributed by atoms with van der Waals surface area (Å²) in [5, 5.41) is 2.02. The highest BCUT2D eigenvalue weighted by Gasteiger charge is 1.78. The van der Waals surface area contributed by atoms with Crippen LogP contribution in [-0.2, 0) is 0 Å². The van der Waals surface area contributed by atoms with Crippen molar-refractivity contribution >= 4 is 18.0 Å². The predicted octanol–water partition coefficient (Wildman–Crippen LogP) is 2.99. The van der Waals surface area contributed by atoms with Crippen molar-refractivity contribution in [2.45, 2.75) is 0 Å². The molecule has 2 heteroatoms. The van der Waals surface area contributed by atoms with E-state index < -0.39 is 0 Å². The fourth-order valence-electron chi connectivity index (χ4n) is 0.936. The van der Waals surface area contributed by atoms with E-state index in [1.165, 1.54) is 0 Å². The van der Waals surface area contributed by atoms with Crippen molar-refractivity contribution in [1.82, 2.24) is 0 Å². The molecule has 1 aromatic rings. The Morgan fingerprint density at radius 1 is 1.33 bits per heavy atom. The SMILES string of the molecule is CS/C=C/CN=CC#Cc1ccccc1. The Hall–Kier alpha value is -1.46. The van der Waals surface area contributed by atoms with E-state index in [-0.39, 0.29) is 0 Å². The highest BCUT2D eigenvalue weighted by atomic mass is 32.2. The highest BCUT2D eigenvalue weighted by molar-refractivity contribution is 8.01. The molecule has 0 N–H and O–H groups in total. The standard InChI is InChI=1S/C13H13NS/c1-15-12-6-11-14-10-5-9-13-7-3-2-4-8-13/h2-4,6-8,10,12H,11H2,1H3/b12-6+,14-10?. The van der Waals surface area contributed by atoms with Crippen molar-refractivity contribution in [1.29, 1.82) is 0 Å². The Morgan fingerprint density at radius 3 is 2.87 bits per heavy atom. The Morgan fingerprint density at radius 2 is 2.13 bits per heavy atom. The molecule has 0 atom stereocenters. The summed E-state index contributed by atoms with van der Waals surface area (Å²) in [6.45, 7) is 0.699. The molecule has 15 heavy (non-hydrogen) atoms. The van der Waals surface area contributed by atoms with Crippen molar-refractivity contribution in [2.75, 3.05) is 12.8 Å². The minimum absolute atomic E-state index is 0.699. The summed E-state index contributed by atoms with van der Waals surface area (Å²) in [7, 11) is 0. The van der Waals surface area contributed by atoms with Gasteiger partial charge in [0.2, 0.25) is 0 Å². The first-order valence-corrected chi connectivity index (χ1v) is 5.95. The molecule has 1 aromatic carbocycles. The zero-order chi connectivity index (χ0) is 10.8. The zero-order valence-electron chi connectivity index (χ0n) is 8.68. The van der Waals surface area contributed by atoms with Crippen molar-refractivity contribution in [3.8, 4) is 11.8 Å². The molecule has 0 saturated carbocycles. The molecule has 0 bridgehead atoms. The molecule has 0 aromatic heterocycles. The van der Waals surface area contributed by atoms with Crippen LogP contribution in [-0.4, -0.2) is 19.0 Å². The molecule has 0 aliphatic heterocycles. The number of benzene rings is 1. The van der Waals surface area contributed by atoms with Crippen LogP contribution in [0.1, 0.15) is 5.56 Å². The van der Waals surface area contributed by atoms with Gasteiger partial charge in [-0.15, -0.1) is 11.8 Å². The molecular weight excluding hydrogens is 202 g/mol. The normalized spacial score (nSPS) is 10.5. The first-order chi connectivity index (χ1) is 7.43. The van der Waals surface area contributed by atoms with Gasteiger partial charge in [-0.1, -0.05) is 30.2 Å². The van der Waals surface area contributed by atoms with Crippen LogP contribution in [0.5, 0.6) is 0 Å². The molecule has 0 heterocycles. The minimum atomic E-state index is 0.699. The maximum atomic E-state index is 4.13. The van der Waals surface area contributed by atoms with Crippen LogP contribution in [0.4, 0.5) is 0 Å². The van der Waals surface area contributed by atoms with Crippen LogP contribution in [0.25, 0.3) is 0 Å². The fourth-order valence-corrected chi connectivity index (χ4v) is 1.21. The van der Waals surface area contributed by atoms with E-state index in [9.17, 15) is 0 Å². The number of hydrogen-bond donors (Lipinski definition) is 0. The van der Waals surface area contributed by atoms with Crippen molar-refractivity contribution < 1.29 is 0 Å². The fraction of sp³-hybridized carbons (Fsp3) is 0.154. The van der Waals surface area contributed by atoms with E-state index >= 15 is 0 Å². The predicted molar refractivity (Wildman–Crippen MR) is 69.3 cm³/mol. The van der Waals surface area contributed by atoms with E-state index in [1.807, 2.05) is 48.1 Å². The second-order valence-electron chi connectivity index (χ2n) is 2.74. The molecule has 0 unspecified atom stereocenters. The molecule has 0 aliphatic carbocycles. The number of rotatable bonds is 3. The van der Waals surface area contributed by atoms with E-state index in [4.69, 9.17) is 0 Å². The third kappa shape index (κ3) is 5.77. The summed E-state index contributed by atoms with van der Waals surface area (Å²) in [5.74, 6) is 5.90. The highest BCUT2D eigenvalue weighted by Crippen LogP contribution is 1.94. The lowest BCUT2D eigenvalue weighted by molar-refractivity contribution is 1.27. The average molecular weight is 215 g/mol. The summed E-state index contributed by atoms with van der Waals surface area (Å²) in [5.41, 5.74) is 1.02. The smallest absolute Gasteiger partial charge is 0.0718 e. The molecule has 0 radical (unpaired) electrons. The summed E-state index contributed by atoms with van der Waals surface area (Å²) in [4.78, 5) is 4.13. The molecule has 1 rings (SSSR count). The van der Waals surface area contributed by atoms with Gasteiger partial charge in [0.05, 0.1) is 12.8 Å². The average Bonchev–Trinajstić information content (AvgIpc) is 2.29. The number of thioether (sulfide) groups is 1. The lowest BCUT2D eigenvalue weighted by atomic mass is 10.2. The van der Waals surface area contributed by atoms with E-state index in [0.29, 0.717) is 6.54 Å². The minimum Gasteiger partial charge on any atom is -0.280 e. The van der Waals surface area contributed by atoms with Gasteiger partial charge in [0.15, 0.2) is 0 Å². The molecule has 0 spiro atoms. The van der Waals surface area contributed by atoms with Gasteiger partial charge < -0.3 is 0 Å². The lowest BCUT2D eigenvalue weighted by Crippen LogP contribution is -1.74. The third-order valence-electron chi connectivity index (χ3n) is 1.59. The number of hydrogen-bond acceptors (Lipinski definition) is 2.